The first-order valence-electron chi connectivity index (χ1n) is 9.27. The molecule has 1 aromatic heterocycles. The van der Waals surface area contributed by atoms with Crippen molar-refractivity contribution in [1.29, 1.82) is 0 Å². The fourth-order valence-electron chi connectivity index (χ4n) is 4.10. The number of amides is 2. The summed E-state index contributed by atoms with van der Waals surface area (Å²) in [7, 11) is 1.55. The molecule has 2 atom stereocenters. The molecule has 1 spiro atoms. The molecule has 0 radical (unpaired) electrons. The highest BCUT2D eigenvalue weighted by atomic mass is 35.5. The summed E-state index contributed by atoms with van der Waals surface area (Å²) in [6, 6.07) is 4.34. The molecule has 158 valence electrons. The third kappa shape index (κ3) is 2.96. The van der Waals surface area contributed by atoms with E-state index in [1.807, 2.05) is 0 Å². The Balaban J connectivity index is 1.71. The van der Waals surface area contributed by atoms with Crippen molar-refractivity contribution in [2.45, 2.75) is 18.5 Å². The number of fused-ring (bicyclic) bond motifs is 2. The van der Waals surface area contributed by atoms with E-state index in [2.05, 4.69) is 5.32 Å². The number of aromatic hydroxyl groups is 1. The van der Waals surface area contributed by atoms with Crippen LogP contribution < -0.4 is 10.7 Å². The predicted molar refractivity (Wildman–Crippen MR) is 105 cm³/mol. The number of rotatable bonds is 4. The Morgan fingerprint density at radius 2 is 2.13 bits per heavy atom. The molecule has 4 rings (SSSR count). The van der Waals surface area contributed by atoms with Gasteiger partial charge in [0.15, 0.2) is 11.4 Å². The second-order valence-electron chi connectivity index (χ2n) is 7.68. The molecular formula is C20H19ClFN3O5. The van der Waals surface area contributed by atoms with E-state index in [1.165, 1.54) is 33.9 Å². The number of likely N-dealkylation sites (N-methyl/N-ethyl adjacent to an activating group) is 1. The topological polar surface area (TPSA) is 112 Å². The van der Waals surface area contributed by atoms with Gasteiger partial charge in [0, 0.05) is 44.4 Å². The maximum absolute atomic E-state index is 14.0. The number of hydrogen-bond donors (Lipinski definition) is 3. The average Bonchev–Trinajstić information content (AvgIpc) is 3.42. The van der Waals surface area contributed by atoms with Gasteiger partial charge in [-0.15, -0.1) is 0 Å². The molecule has 3 N–H and O–H groups in total. The number of hydrogen-bond acceptors (Lipinski definition) is 5. The van der Waals surface area contributed by atoms with Crippen LogP contribution in [0.1, 0.15) is 32.8 Å². The van der Waals surface area contributed by atoms with Crippen LogP contribution in [0, 0.1) is 11.7 Å². The minimum absolute atomic E-state index is 0.0957. The first-order valence-corrected chi connectivity index (χ1v) is 9.65. The van der Waals surface area contributed by atoms with E-state index < -0.39 is 34.3 Å². The zero-order valence-corrected chi connectivity index (χ0v) is 16.7. The van der Waals surface area contributed by atoms with E-state index >= 15 is 0 Å². The average molecular weight is 436 g/mol. The lowest BCUT2D eigenvalue weighted by atomic mass is 10.0. The van der Waals surface area contributed by atoms with E-state index in [0.29, 0.717) is 6.42 Å². The number of nitrogens with zero attached hydrogens (tertiary/aromatic N) is 2. The molecule has 0 bridgehead atoms. The summed E-state index contributed by atoms with van der Waals surface area (Å²) in [4.78, 5) is 39.2. The lowest BCUT2D eigenvalue weighted by Gasteiger charge is -2.35. The summed E-state index contributed by atoms with van der Waals surface area (Å²) in [5, 5.41) is 22.4. The van der Waals surface area contributed by atoms with Gasteiger partial charge in [-0.2, -0.15) is 0 Å². The van der Waals surface area contributed by atoms with Crippen LogP contribution in [0.3, 0.4) is 0 Å². The van der Waals surface area contributed by atoms with E-state index in [4.69, 9.17) is 11.6 Å². The van der Waals surface area contributed by atoms with Crippen LogP contribution in [0.4, 0.5) is 4.39 Å². The zero-order valence-electron chi connectivity index (χ0n) is 16.0. The molecule has 1 aliphatic heterocycles. The summed E-state index contributed by atoms with van der Waals surface area (Å²) in [6.07, 6.45) is 1.77. The van der Waals surface area contributed by atoms with Crippen molar-refractivity contribution in [2.24, 2.45) is 5.92 Å². The molecule has 2 unspecified atom stereocenters. The second-order valence-corrected chi connectivity index (χ2v) is 8.09. The molecular weight excluding hydrogens is 417 g/mol. The van der Waals surface area contributed by atoms with Crippen LogP contribution in [0.2, 0.25) is 5.02 Å². The SMILES string of the molecule is CN1CC2(CC2CO)n2cc(C(=O)NCc3cccc(Cl)c3F)c(=O)c(O)c2C1=O. The number of aromatic nitrogens is 1. The van der Waals surface area contributed by atoms with E-state index in [1.54, 1.807) is 7.05 Å². The van der Waals surface area contributed by atoms with Gasteiger partial charge in [-0.05, 0) is 12.5 Å². The predicted octanol–water partition coefficient (Wildman–Crippen LogP) is 1.07. The zero-order chi connectivity index (χ0) is 21.8. The van der Waals surface area contributed by atoms with Crippen LogP contribution in [0.5, 0.6) is 5.75 Å². The molecule has 1 aliphatic carbocycles. The molecule has 1 saturated carbocycles. The number of benzene rings is 1. The maximum atomic E-state index is 14.0. The second kappa shape index (κ2) is 7.10. The van der Waals surface area contributed by atoms with Crippen molar-refractivity contribution in [1.82, 2.24) is 14.8 Å². The molecule has 1 fully saturated rings. The quantitative estimate of drug-likeness (QED) is 0.665. The summed E-state index contributed by atoms with van der Waals surface area (Å²) < 4.78 is 15.5. The van der Waals surface area contributed by atoms with E-state index in [0.717, 1.165) is 0 Å². The number of aliphatic hydroxyl groups is 1. The number of pyridine rings is 1. The molecule has 0 saturated heterocycles. The van der Waals surface area contributed by atoms with Crippen LogP contribution in [0.25, 0.3) is 0 Å². The Morgan fingerprint density at radius 1 is 1.40 bits per heavy atom. The van der Waals surface area contributed by atoms with Crippen LogP contribution in [-0.2, 0) is 12.1 Å². The van der Waals surface area contributed by atoms with E-state index in [-0.39, 0.29) is 47.5 Å². The Morgan fingerprint density at radius 3 is 2.80 bits per heavy atom. The van der Waals surface area contributed by atoms with Crippen molar-refractivity contribution < 1.29 is 24.2 Å². The van der Waals surface area contributed by atoms with Gasteiger partial charge in [0.1, 0.15) is 11.4 Å². The van der Waals surface area contributed by atoms with Crippen LogP contribution in [0.15, 0.2) is 29.2 Å². The highest BCUT2D eigenvalue weighted by Crippen LogP contribution is 2.53. The van der Waals surface area contributed by atoms with Crippen LogP contribution in [-0.4, -0.2) is 51.7 Å². The summed E-state index contributed by atoms with van der Waals surface area (Å²) in [5.74, 6) is -3.05. The Kier molecular flexibility index (Phi) is 4.82. The fraction of sp³-hybridized carbons (Fsp3) is 0.350. The third-order valence-electron chi connectivity index (χ3n) is 5.86. The molecule has 1 aromatic carbocycles. The van der Waals surface area contributed by atoms with Gasteiger partial charge in [-0.1, -0.05) is 23.7 Å². The minimum atomic E-state index is -0.995. The number of carbonyl (C=O) groups is 2. The maximum Gasteiger partial charge on any atom is 0.274 e. The van der Waals surface area contributed by atoms with Crippen molar-refractivity contribution >= 4 is 23.4 Å². The Labute approximate surface area is 175 Å². The van der Waals surface area contributed by atoms with E-state index in [9.17, 15) is 29.0 Å². The largest absolute Gasteiger partial charge is 0.503 e. The van der Waals surface area contributed by atoms with Crippen molar-refractivity contribution in [2.75, 3.05) is 20.2 Å². The molecule has 8 nitrogen and oxygen atoms in total. The monoisotopic (exact) mass is 435 g/mol. The van der Waals surface area contributed by atoms with Gasteiger partial charge >= 0.3 is 0 Å². The van der Waals surface area contributed by atoms with Crippen LogP contribution >= 0.6 is 11.6 Å². The number of halogens is 2. The fourth-order valence-corrected chi connectivity index (χ4v) is 4.30. The number of carbonyl (C=O) groups excluding carboxylic acids is 2. The lowest BCUT2D eigenvalue weighted by Crippen LogP contribution is -2.48. The van der Waals surface area contributed by atoms with Gasteiger partial charge in [0.2, 0.25) is 5.43 Å². The highest BCUT2D eigenvalue weighted by Gasteiger charge is 2.59. The van der Waals surface area contributed by atoms with Crippen molar-refractivity contribution in [3.63, 3.8) is 0 Å². The molecule has 2 amide bonds. The summed E-state index contributed by atoms with van der Waals surface area (Å²) >= 11 is 5.73. The van der Waals surface area contributed by atoms with Crippen molar-refractivity contribution in [3.8, 4) is 5.75 Å². The molecule has 10 heteroatoms. The molecule has 30 heavy (non-hydrogen) atoms. The van der Waals surface area contributed by atoms with Gasteiger partial charge in [0.25, 0.3) is 11.8 Å². The first-order chi connectivity index (χ1) is 14.2. The standard InChI is InChI=1S/C20H19ClFN3O5/c1-24-9-20(5-11(20)8-26)25-7-12(16(27)17(28)15(25)19(24)30)18(29)23-6-10-3-2-4-13(21)14(10)22/h2-4,7,11,26,28H,5-6,8-9H2,1H3,(H,23,29). The van der Waals surface area contributed by atoms with Crippen molar-refractivity contribution in [3.05, 3.63) is 62.3 Å². The van der Waals surface area contributed by atoms with Gasteiger partial charge in [-0.3, -0.25) is 14.4 Å². The molecule has 2 aromatic rings. The lowest BCUT2D eigenvalue weighted by molar-refractivity contribution is 0.0672. The molecule has 2 aliphatic rings. The summed E-state index contributed by atoms with van der Waals surface area (Å²) in [5.41, 5.74) is -2.13. The smallest absolute Gasteiger partial charge is 0.274 e. The minimum Gasteiger partial charge on any atom is -0.503 e. The summed E-state index contributed by atoms with van der Waals surface area (Å²) in [6.45, 7) is -0.0790. The van der Waals surface area contributed by atoms with Gasteiger partial charge in [-0.25, -0.2) is 4.39 Å². The molecule has 2 heterocycles. The normalized spacial score (nSPS) is 22.2. The number of nitrogens with one attached hydrogen (secondary N) is 1. The Bertz CT molecular complexity index is 1130. The first kappa shape index (κ1) is 20.4. The highest BCUT2D eigenvalue weighted by molar-refractivity contribution is 6.30. The van der Waals surface area contributed by atoms with Gasteiger partial charge < -0.3 is 25.0 Å². The van der Waals surface area contributed by atoms with Gasteiger partial charge in [0.05, 0.1) is 10.6 Å². The Hall–Kier alpha value is -2.91. The number of aliphatic hydroxyl groups excluding tert-OH is 1. The third-order valence-corrected chi connectivity index (χ3v) is 6.15.